The Balaban J connectivity index is 1.81. The van der Waals surface area contributed by atoms with Crippen LogP contribution in [0.3, 0.4) is 0 Å². The zero-order chi connectivity index (χ0) is 18.1. The minimum absolute atomic E-state index is 0.0796. The monoisotopic (exact) mass is 340 g/mol. The van der Waals surface area contributed by atoms with E-state index in [9.17, 15) is 9.59 Å². The van der Waals surface area contributed by atoms with E-state index in [4.69, 9.17) is 4.74 Å². The Morgan fingerprint density at radius 1 is 1.04 bits per heavy atom. The van der Waals surface area contributed by atoms with Crippen molar-refractivity contribution < 1.29 is 14.3 Å². The molecule has 0 fully saturated rings. The van der Waals surface area contributed by atoms with Gasteiger partial charge >= 0.3 is 0 Å². The number of carbonyl (C=O) groups is 2. The second-order valence-corrected chi connectivity index (χ2v) is 5.85. The van der Waals surface area contributed by atoms with Gasteiger partial charge in [0.15, 0.2) is 0 Å². The topological polar surface area (TPSA) is 67.4 Å². The Morgan fingerprint density at radius 3 is 2.52 bits per heavy atom. The molecule has 0 bridgehead atoms. The minimum atomic E-state index is -0.373. The highest BCUT2D eigenvalue weighted by Gasteiger charge is 2.09. The highest BCUT2D eigenvalue weighted by molar-refractivity contribution is 5.95. The van der Waals surface area contributed by atoms with Crippen molar-refractivity contribution in [1.82, 2.24) is 10.9 Å². The Bertz CT molecular complexity index is 701. The molecule has 5 nitrogen and oxygen atoms in total. The van der Waals surface area contributed by atoms with Crippen LogP contribution in [-0.4, -0.2) is 17.9 Å². The van der Waals surface area contributed by atoms with E-state index in [1.54, 1.807) is 24.3 Å². The summed E-state index contributed by atoms with van der Waals surface area (Å²) in [4.78, 5) is 24.0. The quantitative estimate of drug-likeness (QED) is 0.760. The molecule has 0 aliphatic heterocycles. The van der Waals surface area contributed by atoms with Crippen molar-refractivity contribution in [2.24, 2.45) is 0 Å². The third-order valence-electron chi connectivity index (χ3n) is 3.81. The highest BCUT2D eigenvalue weighted by atomic mass is 16.5. The van der Waals surface area contributed by atoms with E-state index in [1.807, 2.05) is 44.2 Å². The van der Waals surface area contributed by atoms with Crippen molar-refractivity contribution in [1.29, 1.82) is 0 Å². The largest absolute Gasteiger partial charge is 0.491 e. The SMILES string of the molecule is CCC(C)Oc1cccc(C(=O)NNC(=O)CCc2ccccc2)c1. The van der Waals surface area contributed by atoms with E-state index >= 15 is 0 Å². The molecule has 25 heavy (non-hydrogen) atoms. The summed E-state index contributed by atoms with van der Waals surface area (Å²) in [7, 11) is 0. The number of hydrazine groups is 1. The van der Waals surface area contributed by atoms with Gasteiger partial charge in [0, 0.05) is 12.0 Å². The lowest BCUT2D eigenvalue weighted by atomic mass is 10.1. The second kappa shape index (κ2) is 9.47. The lowest BCUT2D eigenvalue weighted by Gasteiger charge is -2.13. The lowest BCUT2D eigenvalue weighted by molar-refractivity contribution is -0.121. The van der Waals surface area contributed by atoms with Crippen LogP contribution in [0, 0.1) is 0 Å². The molecular weight excluding hydrogens is 316 g/mol. The molecule has 0 aliphatic carbocycles. The molecule has 2 N–H and O–H groups in total. The van der Waals surface area contributed by atoms with Crippen LogP contribution in [0.15, 0.2) is 54.6 Å². The van der Waals surface area contributed by atoms with Gasteiger partial charge in [-0.1, -0.05) is 43.3 Å². The molecule has 2 rings (SSSR count). The van der Waals surface area contributed by atoms with Crippen LogP contribution in [-0.2, 0) is 11.2 Å². The number of hydrogen-bond donors (Lipinski definition) is 2. The molecule has 5 heteroatoms. The van der Waals surface area contributed by atoms with E-state index in [0.29, 0.717) is 24.2 Å². The molecule has 0 saturated heterocycles. The Labute approximate surface area is 148 Å². The van der Waals surface area contributed by atoms with Gasteiger partial charge in [-0.15, -0.1) is 0 Å². The minimum Gasteiger partial charge on any atom is -0.491 e. The number of hydrogen-bond acceptors (Lipinski definition) is 3. The van der Waals surface area contributed by atoms with E-state index < -0.39 is 0 Å². The molecule has 1 atom stereocenters. The maximum atomic E-state index is 12.1. The van der Waals surface area contributed by atoms with Gasteiger partial charge in [-0.2, -0.15) is 0 Å². The molecule has 0 aliphatic rings. The van der Waals surface area contributed by atoms with Crippen LogP contribution in [0.4, 0.5) is 0 Å². The van der Waals surface area contributed by atoms with Crippen LogP contribution >= 0.6 is 0 Å². The van der Waals surface area contributed by atoms with Crippen LogP contribution in [0.2, 0.25) is 0 Å². The van der Waals surface area contributed by atoms with Gasteiger partial charge in [0.1, 0.15) is 5.75 Å². The summed E-state index contributed by atoms with van der Waals surface area (Å²) in [6.45, 7) is 4.01. The summed E-state index contributed by atoms with van der Waals surface area (Å²) < 4.78 is 5.70. The van der Waals surface area contributed by atoms with E-state index in [0.717, 1.165) is 12.0 Å². The van der Waals surface area contributed by atoms with Crippen molar-refractivity contribution in [2.75, 3.05) is 0 Å². The lowest BCUT2D eigenvalue weighted by Crippen LogP contribution is -2.41. The second-order valence-electron chi connectivity index (χ2n) is 5.85. The summed E-state index contributed by atoms with van der Waals surface area (Å²) in [5.41, 5.74) is 6.40. The maximum Gasteiger partial charge on any atom is 0.269 e. The summed E-state index contributed by atoms with van der Waals surface area (Å²) in [6.07, 6.45) is 1.90. The molecule has 1 unspecified atom stereocenters. The average Bonchev–Trinajstić information content (AvgIpc) is 2.65. The molecule has 2 aromatic carbocycles. The standard InChI is InChI=1S/C20H24N2O3/c1-3-15(2)25-18-11-7-10-17(14-18)20(24)22-21-19(23)13-12-16-8-5-4-6-9-16/h4-11,14-15H,3,12-13H2,1-2H3,(H,21,23)(H,22,24). The van der Waals surface area contributed by atoms with E-state index in [2.05, 4.69) is 10.9 Å². The van der Waals surface area contributed by atoms with E-state index in [1.165, 1.54) is 0 Å². The molecule has 132 valence electrons. The summed E-state index contributed by atoms with van der Waals surface area (Å²) in [5.74, 6) is 0.0317. The molecule has 2 amide bonds. The van der Waals surface area contributed by atoms with Gasteiger partial charge in [-0.25, -0.2) is 0 Å². The van der Waals surface area contributed by atoms with Gasteiger partial charge in [0.2, 0.25) is 5.91 Å². The molecule has 0 saturated carbocycles. The number of ether oxygens (including phenoxy) is 1. The molecule has 0 aromatic heterocycles. The fourth-order valence-electron chi connectivity index (χ4n) is 2.19. The number of rotatable bonds is 7. The number of benzene rings is 2. The van der Waals surface area contributed by atoms with Gasteiger partial charge in [-0.3, -0.25) is 20.4 Å². The van der Waals surface area contributed by atoms with Gasteiger partial charge in [0.05, 0.1) is 6.10 Å². The summed E-state index contributed by atoms with van der Waals surface area (Å²) in [6, 6.07) is 16.6. The number of nitrogens with one attached hydrogen (secondary N) is 2. The molecule has 0 spiro atoms. The zero-order valence-electron chi connectivity index (χ0n) is 14.6. The molecule has 2 aromatic rings. The first-order valence-electron chi connectivity index (χ1n) is 8.48. The van der Waals surface area contributed by atoms with Gasteiger partial charge < -0.3 is 4.74 Å². The fourth-order valence-corrected chi connectivity index (χ4v) is 2.19. The van der Waals surface area contributed by atoms with Crippen LogP contribution in [0.1, 0.15) is 42.6 Å². The molecular formula is C20H24N2O3. The van der Waals surface area contributed by atoms with E-state index in [-0.39, 0.29) is 17.9 Å². The van der Waals surface area contributed by atoms with Gasteiger partial charge in [-0.05, 0) is 43.5 Å². The van der Waals surface area contributed by atoms with Crippen LogP contribution < -0.4 is 15.6 Å². The smallest absolute Gasteiger partial charge is 0.269 e. The summed E-state index contributed by atoms with van der Waals surface area (Å²) >= 11 is 0. The number of carbonyl (C=O) groups excluding carboxylic acids is 2. The third kappa shape index (κ3) is 6.30. The van der Waals surface area contributed by atoms with Crippen molar-refractivity contribution in [3.8, 4) is 5.75 Å². The van der Waals surface area contributed by atoms with Crippen LogP contribution in [0.5, 0.6) is 5.75 Å². The molecule has 0 radical (unpaired) electrons. The normalized spacial score (nSPS) is 11.4. The van der Waals surface area contributed by atoms with Gasteiger partial charge in [0.25, 0.3) is 5.91 Å². The predicted molar refractivity (Wildman–Crippen MR) is 97.2 cm³/mol. The Kier molecular flexibility index (Phi) is 7.01. The highest BCUT2D eigenvalue weighted by Crippen LogP contribution is 2.15. The molecule has 0 heterocycles. The summed E-state index contributed by atoms with van der Waals surface area (Å²) in [5, 5.41) is 0. The number of aryl methyl sites for hydroxylation is 1. The Hall–Kier alpha value is -2.82. The maximum absolute atomic E-state index is 12.1. The fraction of sp³-hybridized carbons (Fsp3) is 0.300. The van der Waals surface area contributed by atoms with Crippen molar-refractivity contribution in [2.45, 2.75) is 39.2 Å². The van der Waals surface area contributed by atoms with Crippen molar-refractivity contribution in [3.63, 3.8) is 0 Å². The van der Waals surface area contributed by atoms with Crippen molar-refractivity contribution >= 4 is 11.8 Å². The predicted octanol–water partition coefficient (Wildman–Crippen LogP) is 3.26. The number of amides is 2. The first-order chi connectivity index (χ1) is 12.1. The third-order valence-corrected chi connectivity index (χ3v) is 3.81. The van der Waals surface area contributed by atoms with Crippen LogP contribution in [0.25, 0.3) is 0 Å². The zero-order valence-corrected chi connectivity index (χ0v) is 14.6. The Morgan fingerprint density at radius 2 is 1.80 bits per heavy atom. The average molecular weight is 340 g/mol. The first-order valence-corrected chi connectivity index (χ1v) is 8.48. The van der Waals surface area contributed by atoms with Crippen molar-refractivity contribution in [3.05, 3.63) is 65.7 Å². The first kappa shape index (κ1) is 18.5.